The highest BCUT2D eigenvalue weighted by molar-refractivity contribution is 9.10. The summed E-state index contributed by atoms with van der Waals surface area (Å²) in [5.41, 5.74) is 1.41. The van der Waals surface area contributed by atoms with Gasteiger partial charge in [0.1, 0.15) is 5.82 Å². The van der Waals surface area contributed by atoms with Gasteiger partial charge in [0, 0.05) is 20.9 Å². The molecule has 2 aromatic carbocycles. The number of hydrogen-bond acceptors (Lipinski definition) is 5. The summed E-state index contributed by atoms with van der Waals surface area (Å²) in [6.45, 7) is 0. The van der Waals surface area contributed by atoms with Crippen LogP contribution in [0, 0.1) is 5.82 Å². The Balaban J connectivity index is 1.61. The van der Waals surface area contributed by atoms with Crippen molar-refractivity contribution in [3.63, 3.8) is 0 Å². The van der Waals surface area contributed by atoms with E-state index in [9.17, 15) is 12.8 Å². The molecule has 0 unspecified atom stereocenters. The third kappa shape index (κ3) is 4.04. The molecular formula is C18H15BrClFN2O2S2. The zero-order valence-corrected chi connectivity index (χ0v) is 18.0. The van der Waals surface area contributed by atoms with Gasteiger partial charge in [0.25, 0.3) is 0 Å². The van der Waals surface area contributed by atoms with E-state index in [0.717, 1.165) is 5.69 Å². The first kappa shape index (κ1) is 19.2. The summed E-state index contributed by atoms with van der Waals surface area (Å²) in [6, 6.07) is 11.7. The van der Waals surface area contributed by atoms with E-state index in [2.05, 4.69) is 20.9 Å². The second kappa shape index (κ2) is 7.39. The van der Waals surface area contributed by atoms with Gasteiger partial charge in [-0.05, 0) is 42.0 Å². The first-order chi connectivity index (χ1) is 12.8. The first-order valence-corrected chi connectivity index (χ1v) is 12.2. The van der Waals surface area contributed by atoms with Gasteiger partial charge in [-0.2, -0.15) is 0 Å². The molecule has 4 nitrogen and oxygen atoms in total. The van der Waals surface area contributed by atoms with Gasteiger partial charge in [-0.3, -0.25) is 4.99 Å². The van der Waals surface area contributed by atoms with E-state index in [1.807, 2.05) is 17.0 Å². The van der Waals surface area contributed by atoms with Gasteiger partial charge >= 0.3 is 0 Å². The van der Waals surface area contributed by atoms with Crippen molar-refractivity contribution >= 4 is 60.0 Å². The predicted molar refractivity (Wildman–Crippen MR) is 113 cm³/mol. The van der Waals surface area contributed by atoms with Crippen LogP contribution >= 0.6 is 39.3 Å². The average molecular weight is 490 g/mol. The van der Waals surface area contributed by atoms with Gasteiger partial charge < -0.3 is 4.90 Å². The number of hydrogen-bond donors (Lipinski definition) is 0. The lowest BCUT2D eigenvalue weighted by atomic mass is 10.1. The van der Waals surface area contributed by atoms with Crippen LogP contribution < -0.4 is 4.90 Å². The Morgan fingerprint density at radius 1 is 1.22 bits per heavy atom. The summed E-state index contributed by atoms with van der Waals surface area (Å²) in [4.78, 5) is 6.60. The van der Waals surface area contributed by atoms with Crippen LogP contribution in [0.5, 0.6) is 0 Å². The SMILES string of the molecule is O=S1(=O)C[C@@H]2[C@@H](C1)N=C(SCc1ccc(Br)cc1F)N2c1ccc(Cl)cc1. The summed E-state index contributed by atoms with van der Waals surface area (Å²) in [7, 11) is -3.11. The highest BCUT2D eigenvalue weighted by Crippen LogP contribution is 2.36. The standard InChI is InChI=1S/C18H15BrClFN2O2S2/c19-12-2-1-11(15(21)7-12)8-26-18-22-16-9-27(24,25)10-17(16)23(18)14-5-3-13(20)4-6-14/h1-7,16-17H,8-10H2/t16-,17-/m1/s1. The van der Waals surface area contributed by atoms with Gasteiger partial charge in [0.05, 0.1) is 23.6 Å². The van der Waals surface area contributed by atoms with Gasteiger partial charge in [0.2, 0.25) is 0 Å². The van der Waals surface area contributed by atoms with Gasteiger partial charge in [-0.1, -0.05) is 45.4 Å². The molecule has 4 rings (SSSR count). The molecule has 0 amide bonds. The summed E-state index contributed by atoms with van der Waals surface area (Å²) in [5, 5.41) is 1.32. The number of amidine groups is 1. The van der Waals surface area contributed by atoms with Crippen LogP contribution in [0.15, 0.2) is 51.9 Å². The van der Waals surface area contributed by atoms with Crippen LogP contribution in [-0.4, -0.2) is 37.2 Å². The molecule has 2 aliphatic heterocycles. The van der Waals surface area contributed by atoms with Gasteiger partial charge in [-0.25, -0.2) is 12.8 Å². The molecular weight excluding hydrogens is 475 g/mol. The molecule has 2 aromatic rings. The lowest BCUT2D eigenvalue weighted by molar-refractivity contribution is 0.601. The third-order valence-electron chi connectivity index (χ3n) is 4.58. The molecule has 142 valence electrons. The molecule has 27 heavy (non-hydrogen) atoms. The minimum atomic E-state index is -3.11. The van der Waals surface area contributed by atoms with Crippen LogP contribution in [0.4, 0.5) is 10.1 Å². The van der Waals surface area contributed by atoms with Crippen LogP contribution in [0.3, 0.4) is 0 Å². The smallest absolute Gasteiger partial charge is 0.164 e. The third-order valence-corrected chi connectivity index (χ3v) is 8.04. The van der Waals surface area contributed by atoms with Crippen LogP contribution in [-0.2, 0) is 15.6 Å². The lowest BCUT2D eigenvalue weighted by Gasteiger charge is -2.26. The number of thioether (sulfide) groups is 1. The second-order valence-electron chi connectivity index (χ2n) is 6.49. The van der Waals surface area contributed by atoms with Crippen molar-refractivity contribution in [1.29, 1.82) is 0 Å². The van der Waals surface area contributed by atoms with Crippen molar-refractivity contribution in [2.45, 2.75) is 17.8 Å². The molecule has 2 atom stereocenters. The monoisotopic (exact) mass is 488 g/mol. The molecule has 9 heteroatoms. The van der Waals surface area contributed by atoms with Gasteiger partial charge in [0.15, 0.2) is 15.0 Å². The van der Waals surface area contributed by atoms with Crippen molar-refractivity contribution in [3.05, 3.63) is 63.3 Å². The summed E-state index contributed by atoms with van der Waals surface area (Å²) >= 11 is 10.7. The maximum Gasteiger partial charge on any atom is 0.164 e. The van der Waals surface area contributed by atoms with Crippen molar-refractivity contribution in [3.8, 4) is 0 Å². The zero-order chi connectivity index (χ0) is 19.2. The largest absolute Gasteiger partial charge is 0.315 e. The topological polar surface area (TPSA) is 49.7 Å². The number of anilines is 1. The Morgan fingerprint density at radius 2 is 1.96 bits per heavy atom. The first-order valence-electron chi connectivity index (χ1n) is 8.22. The average Bonchev–Trinajstić information content (AvgIpc) is 3.06. The molecule has 0 saturated carbocycles. The molecule has 0 aromatic heterocycles. The fraction of sp³-hybridized carbons (Fsp3) is 0.278. The number of nitrogens with zero attached hydrogens (tertiary/aromatic N) is 2. The fourth-order valence-corrected chi connectivity index (χ4v) is 6.73. The van der Waals surface area contributed by atoms with Crippen LogP contribution in [0.1, 0.15) is 5.56 Å². The van der Waals surface area contributed by atoms with Crippen molar-refractivity contribution < 1.29 is 12.8 Å². The highest BCUT2D eigenvalue weighted by atomic mass is 79.9. The van der Waals surface area contributed by atoms with E-state index in [1.165, 1.54) is 17.8 Å². The Kier molecular flexibility index (Phi) is 5.26. The molecule has 2 aliphatic rings. The van der Waals surface area contributed by atoms with Gasteiger partial charge in [-0.15, -0.1) is 0 Å². The quantitative estimate of drug-likeness (QED) is 0.636. The Bertz CT molecular complexity index is 1010. The molecule has 2 heterocycles. The second-order valence-corrected chi connectivity index (χ2v) is 10.9. The van der Waals surface area contributed by atoms with E-state index in [4.69, 9.17) is 11.6 Å². The van der Waals surface area contributed by atoms with Crippen LogP contribution in [0.2, 0.25) is 5.02 Å². The number of fused-ring (bicyclic) bond motifs is 1. The fourth-order valence-electron chi connectivity index (χ4n) is 3.32. The number of sulfone groups is 1. The van der Waals surface area contributed by atoms with Crippen molar-refractivity contribution in [2.24, 2.45) is 4.99 Å². The molecule has 0 bridgehead atoms. The predicted octanol–water partition coefficient (Wildman–Crippen LogP) is 4.52. The summed E-state index contributed by atoms with van der Waals surface area (Å²) in [5.74, 6) is 0.254. The van der Waals surface area contributed by atoms with E-state index in [0.29, 0.717) is 26.0 Å². The summed E-state index contributed by atoms with van der Waals surface area (Å²) in [6.07, 6.45) is 0. The minimum absolute atomic E-state index is 0.0540. The maximum absolute atomic E-state index is 14.1. The molecule has 1 saturated heterocycles. The van der Waals surface area contributed by atoms with Crippen molar-refractivity contribution in [2.75, 3.05) is 16.4 Å². The minimum Gasteiger partial charge on any atom is -0.315 e. The molecule has 0 spiro atoms. The van der Waals surface area contributed by atoms with E-state index >= 15 is 0 Å². The molecule has 0 N–H and O–H groups in total. The molecule has 0 aliphatic carbocycles. The Hall–Kier alpha value is -1.09. The molecule has 1 fully saturated rings. The maximum atomic E-state index is 14.1. The number of halogens is 3. The van der Waals surface area contributed by atoms with E-state index < -0.39 is 9.84 Å². The van der Waals surface area contributed by atoms with E-state index in [-0.39, 0.29) is 29.4 Å². The Morgan fingerprint density at radius 3 is 2.67 bits per heavy atom. The normalized spacial score (nSPS) is 23.4. The van der Waals surface area contributed by atoms with Crippen LogP contribution in [0.25, 0.3) is 0 Å². The van der Waals surface area contributed by atoms with E-state index in [1.54, 1.807) is 24.3 Å². The Labute approximate surface area is 174 Å². The lowest BCUT2D eigenvalue weighted by Crippen LogP contribution is -2.39. The zero-order valence-electron chi connectivity index (χ0n) is 14.0. The molecule has 0 radical (unpaired) electrons. The van der Waals surface area contributed by atoms with Crippen molar-refractivity contribution in [1.82, 2.24) is 0 Å². The number of aliphatic imine (C=N–C) groups is 1. The number of rotatable bonds is 3. The highest BCUT2D eigenvalue weighted by Gasteiger charge is 2.47. The number of benzene rings is 2. The summed E-state index contributed by atoms with van der Waals surface area (Å²) < 4.78 is 38.9.